The molecule has 0 radical (unpaired) electrons. The molecule has 0 saturated carbocycles. The van der Waals surface area contributed by atoms with Gasteiger partial charge >= 0.3 is 0 Å². The maximum atomic E-state index is 12.4. The van der Waals surface area contributed by atoms with E-state index >= 15 is 0 Å². The fourth-order valence-electron chi connectivity index (χ4n) is 2.09. The molecule has 116 valence electrons. The number of carbonyl (C=O) groups is 1. The van der Waals surface area contributed by atoms with Crippen LogP contribution in [0.3, 0.4) is 0 Å². The molecule has 1 amide bonds. The zero-order chi connectivity index (χ0) is 15.6. The normalized spacial score (nSPS) is 14.4. The molecule has 1 aromatic rings. The van der Waals surface area contributed by atoms with E-state index in [1.54, 1.807) is 24.1 Å². The van der Waals surface area contributed by atoms with Gasteiger partial charge in [-0.25, -0.2) is 0 Å². The third-order valence-electron chi connectivity index (χ3n) is 3.68. The maximum Gasteiger partial charge on any atom is 0.253 e. The number of hydrogen-bond acceptors (Lipinski definition) is 4. The third kappa shape index (κ3) is 3.68. The van der Waals surface area contributed by atoms with Crippen LogP contribution in [0.25, 0.3) is 0 Å². The zero-order valence-corrected chi connectivity index (χ0v) is 14.1. The van der Waals surface area contributed by atoms with Crippen molar-refractivity contribution >= 4 is 21.8 Å². The molecule has 2 N–H and O–H groups in total. The van der Waals surface area contributed by atoms with E-state index < -0.39 is 0 Å². The van der Waals surface area contributed by atoms with E-state index in [0.29, 0.717) is 29.5 Å². The molecule has 1 unspecified atom stereocenters. The van der Waals surface area contributed by atoms with Crippen LogP contribution in [0.15, 0.2) is 16.6 Å². The molecular formula is C15H21BrN2O3. The fourth-order valence-corrected chi connectivity index (χ4v) is 2.65. The lowest BCUT2D eigenvalue weighted by Crippen LogP contribution is -2.34. The quantitative estimate of drug-likeness (QED) is 0.880. The Balaban J connectivity index is 2.04. The van der Waals surface area contributed by atoms with Gasteiger partial charge in [0.25, 0.3) is 5.91 Å². The summed E-state index contributed by atoms with van der Waals surface area (Å²) in [6, 6.07) is 3.58. The standard InChI is InChI=1S/C15H21BrN2O3/c1-9(2)12(17)4-5-18(3)15(19)10-6-11(16)14-13(7-10)20-8-21-14/h6-7,9,12H,4-5,8,17H2,1-3H3. The molecule has 1 aromatic carbocycles. The Labute approximate surface area is 133 Å². The van der Waals surface area contributed by atoms with Gasteiger partial charge in [0, 0.05) is 25.2 Å². The molecule has 0 aliphatic carbocycles. The number of rotatable bonds is 5. The molecule has 0 fully saturated rings. The van der Waals surface area contributed by atoms with Gasteiger partial charge < -0.3 is 20.1 Å². The Kier molecular flexibility index (Phi) is 5.11. The first kappa shape index (κ1) is 16.1. The summed E-state index contributed by atoms with van der Waals surface area (Å²) in [6.07, 6.45) is 0.783. The number of carbonyl (C=O) groups excluding carboxylic acids is 1. The first-order chi connectivity index (χ1) is 9.90. The van der Waals surface area contributed by atoms with E-state index in [4.69, 9.17) is 15.2 Å². The van der Waals surface area contributed by atoms with E-state index in [1.807, 2.05) is 0 Å². The average molecular weight is 357 g/mol. The predicted octanol–water partition coefficient (Wildman–Crippen LogP) is 2.62. The van der Waals surface area contributed by atoms with Gasteiger partial charge in [-0.05, 0) is 40.4 Å². The van der Waals surface area contributed by atoms with Crippen molar-refractivity contribution in [2.24, 2.45) is 11.7 Å². The van der Waals surface area contributed by atoms with Crippen LogP contribution in [0.1, 0.15) is 30.6 Å². The number of nitrogens with two attached hydrogens (primary N) is 1. The minimum atomic E-state index is -0.0510. The van der Waals surface area contributed by atoms with Gasteiger partial charge in [0.2, 0.25) is 6.79 Å². The van der Waals surface area contributed by atoms with Crippen LogP contribution < -0.4 is 15.2 Å². The van der Waals surface area contributed by atoms with Crippen molar-refractivity contribution in [1.82, 2.24) is 4.90 Å². The summed E-state index contributed by atoms with van der Waals surface area (Å²) in [5, 5.41) is 0. The van der Waals surface area contributed by atoms with E-state index in [-0.39, 0.29) is 18.7 Å². The summed E-state index contributed by atoms with van der Waals surface area (Å²) in [6.45, 7) is 4.98. The molecule has 0 bridgehead atoms. The highest BCUT2D eigenvalue weighted by atomic mass is 79.9. The summed E-state index contributed by atoms with van der Waals surface area (Å²) in [5.74, 6) is 1.61. The van der Waals surface area contributed by atoms with Gasteiger partial charge in [-0.15, -0.1) is 0 Å². The van der Waals surface area contributed by atoms with Gasteiger partial charge in [-0.1, -0.05) is 13.8 Å². The largest absolute Gasteiger partial charge is 0.454 e. The number of benzene rings is 1. The van der Waals surface area contributed by atoms with Crippen molar-refractivity contribution in [2.75, 3.05) is 20.4 Å². The Hall–Kier alpha value is -1.27. The Bertz CT molecular complexity index is 534. The van der Waals surface area contributed by atoms with Crippen molar-refractivity contribution in [2.45, 2.75) is 26.3 Å². The first-order valence-corrected chi connectivity index (χ1v) is 7.79. The molecule has 1 heterocycles. The molecule has 21 heavy (non-hydrogen) atoms. The van der Waals surface area contributed by atoms with Crippen LogP contribution in [0.2, 0.25) is 0 Å². The van der Waals surface area contributed by atoms with Crippen molar-refractivity contribution < 1.29 is 14.3 Å². The van der Waals surface area contributed by atoms with Crippen molar-refractivity contribution in [3.63, 3.8) is 0 Å². The second-order valence-electron chi connectivity index (χ2n) is 5.62. The topological polar surface area (TPSA) is 64.8 Å². The van der Waals surface area contributed by atoms with E-state index in [2.05, 4.69) is 29.8 Å². The molecule has 2 rings (SSSR count). The average Bonchev–Trinajstić information content (AvgIpc) is 2.92. The maximum absolute atomic E-state index is 12.4. The van der Waals surface area contributed by atoms with E-state index in [9.17, 15) is 4.79 Å². The number of hydrogen-bond donors (Lipinski definition) is 1. The van der Waals surface area contributed by atoms with E-state index in [0.717, 1.165) is 10.9 Å². The molecule has 0 saturated heterocycles. The summed E-state index contributed by atoms with van der Waals surface area (Å²) in [7, 11) is 1.79. The van der Waals surface area contributed by atoms with Crippen LogP contribution in [-0.4, -0.2) is 37.2 Å². The highest BCUT2D eigenvalue weighted by Gasteiger charge is 2.22. The van der Waals surface area contributed by atoms with Crippen LogP contribution in [0.4, 0.5) is 0 Å². The molecule has 0 spiro atoms. The molecule has 1 aliphatic heterocycles. The lowest BCUT2D eigenvalue weighted by Gasteiger charge is -2.21. The molecule has 5 nitrogen and oxygen atoms in total. The van der Waals surface area contributed by atoms with Gasteiger partial charge in [0.1, 0.15) is 0 Å². The summed E-state index contributed by atoms with van der Waals surface area (Å²) in [5.41, 5.74) is 6.60. The van der Waals surface area contributed by atoms with Crippen LogP contribution in [0, 0.1) is 5.92 Å². The molecule has 6 heteroatoms. The highest BCUT2D eigenvalue weighted by molar-refractivity contribution is 9.10. The minimum Gasteiger partial charge on any atom is -0.454 e. The third-order valence-corrected chi connectivity index (χ3v) is 4.26. The Morgan fingerprint density at radius 2 is 2.14 bits per heavy atom. The summed E-state index contributed by atoms with van der Waals surface area (Å²) in [4.78, 5) is 14.1. The SMILES string of the molecule is CC(C)C(N)CCN(C)C(=O)c1cc(Br)c2c(c1)OCO2. The minimum absolute atomic E-state index is 0.0510. The smallest absolute Gasteiger partial charge is 0.253 e. The van der Waals surface area contributed by atoms with Crippen LogP contribution in [-0.2, 0) is 0 Å². The molecular weight excluding hydrogens is 336 g/mol. The monoisotopic (exact) mass is 356 g/mol. The highest BCUT2D eigenvalue weighted by Crippen LogP contribution is 2.40. The summed E-state index contributed by atoms with van der Waals surface area (Å²) < 4.78 is 11.4. The van der Waals surface area contributed by atoms with Crippen LogP contribution >= 0.6 is 15.9 Å². The van der Waals surface area contributed by atoms with Crippen molar-refractivity contribution in [3.05, 3.63) is 22.2 Å². The zero-order valence-electron chi connectivity index (χ0n) is 12.6. The van der Waals surface area contributed by atoms with Crippen LogP contribution in [0.5, 0.6) is 11.5 Å². The molecule has 0 aromatic heterocycles. The van der Waals surface area contributed by atoms with Gasteiger partial charge in [0.15, 0.2) is 11.5 Å². The molecule has 1 aliphatic rings. The van der Waals surface area contributed by atoms with Crippen molar-refractivity contribution in [1.29, 1.82) is 0 Å². The summed E-state index contributed by atoms with van der Waals surface area (Å²) >= 11 is 3.40. The van der Waals surface area contributed by atoms with Crippen molar-refractivity contribution in [3.8, 4) is 11.5 Å². The number of halogens is 1. The second kappa shape index (κ2) is 6.66. The first-order valence-electron chi connectivity index (χ1n) is 7.00. The number of ether oxygens (including phenoxy) is 2. The lowest BCUT2D eigenvalue weighted by molar-refractivity contribution is 0.0788. The molecule has 1 atom stereocenters. The van der Waals surface area contributed by atoms with Gasteiger partial charge in [0.05, 0.1) is 4.47 Å². The lowest BCUT2D eigenvalue weighted by atomic mass is 10.0. The number of fused-ring (bicyclic) bond motifs is 1. The second-order valence-corrected chi connectivity index (χ2v) is 6.47. The van der Waals surface area contributed by atoms with Gasteiger partial charge in [-0.3, -0.25) is 4.79 Å². The Morgan fingerprint density at radius 3 is 2.81 bits per heavy atom. The van der Waals surface area contributed by atoms with Gasteiger partial charge in [-0.2, -0.15) is 0 Å². The number of nitrogens with zero attached hydrogens (tertiary/aromatic N) is 1. The fraction of sp³-hybridized carbons (Fsp3) is 0.533. The van der Waals surface area contributed by atoms with E-state index in [1.165, 1.54) is 0 Å². The Morgan fingerprint density at radius 1 is 1.43 bits per heavy atom. The predicted molar refractivity (Wildman–Crippen MR) is 84.7 cm³/mol. The number of amides is 1.